The van der Waals surface area contributed by atoms with Crippen LogP contribution in [0.15, 0.2) is 18.2 Å². The van der Waals surface area contributed by atoms with Crippen LogP contribution in [0.5, 0.6) is 0 Å². The van der Waals surface area contributed by atoms with Crippen molar-refractivity contribution in [3.05, 3.63) is 34.9 Å². The van der Waals surface area contributed by atoms with Crippen molar-refractivity contribution in [1.82, 2.24) is 4.90 Å². The van der Waals surface area contributed by atoms with Crippen molar-refractivity contribution in [2.45, 2.75) is 70.9 Å². The summed E-state index contributed by atoms with van der Waals surface area (Å²) < 4.78 is 0. The zero-order valence-electron chi connectivity index (χ0n) is 12.7. The Hall–Kier alpha value is -1.31. The number of rotatable bonds is 3. The Morgan fingerprint density at radius 1 is 1.00 bits per heavy atom. The molecule has 0 heterocycles. The van der Waals surface area contributed by atoms with Gasteiger partial charge in [-0.1, -0.05) is 37.0 Å². The van der Waals surface area contributed by atoms with Crippen LogP contribution in [0.25, 0.3) is 0 Å². The molecule has 2 saturated carbocycles. The Bertz CT molecular complexity index is 498. The van der Waals surface area contributed by atoms with Gasteiger partial charge < -0.3 is 4.90 Å². The van der Waals surface area contributed by atoms with Gasteiger partial charge in [0.1, 0.15) is 0 Å². The topological polar surface area (TPSA) is 20.3 Å². The molecule has 1 aromatic rings. The summed E-state index contributed by atoms with van der Waals surface area (Å²) in [5, 5.41) is 0. The summed E-state index contributed by atoms with van der Waals surface area (Å²) in [5.74, 6) is 0.278. The quantitative estimate of drug-likeness (QED) is 0.805. The number of hydrogen-bond acceptors (Lipinski definition) is 1. The summed E-state index contributed by atoms with van der Waals surface area (Å²) in [6.07, 6.45) is 8.72. The second-order valence-electron chi connectivity index (χ2n) is 6.55. The third-order valence-corrected chi connectivity index (χ3v) is 4.77. The van der Waals surface area contributed by atoms with Gasteiger partial charge in [0.25, 0.3) is 5.91 Å². The maximum absolute atomic E-state index is 13.0. The van der Waals surface area contributed by atoms with Crippen LogP contribution in [0.2, 0.25) is 0 Å². The maximum atomic E-state index is 13.0. The fourth-order valence-electron chi connectivity index (χ4n) is 3.45. The van der Waals surface area contributed by atoms with Crippen LogP contribution >= 0.6 is 0 Å². The van der Waals surface area contributed by atoms with Crippen LogP contribution in [0.1, 0.15) is 66.4 Å². The molecule has 2 aliphatic carbocycles. The molecule has 1 aromatic carbocycles. The zero-order valence-corrected chi connectivity index (χ0v) is 12.7. The van der Waals surface area contributed by atoms with Crippen LogP contribution in [-0.2, 0) is 0 Å². The Balaban J connectivity index is 1.86. The summed E-state index contributed by atoms with van der Waals surface area (Å²) in [6.45, 7) is 4.12. The molecule has 2 nitrogen and oxygen atoms in total. The Morgan fingerprint density at radius 2 is 1.65 bits per heavy atom. The Kier molecular flexibility index (Phi) is 3.82. The van der Waals surface area contributed by atoms with E-state index in [0.717, 1.165) is 11.1 Å². The first-order valence-electron chi connectivity index (χ1n) is 8.07. The van der Waals surface area contributed by atoms with Crippen LogP contribution in [0.3, 0.4) is 0 Å². The van der Waals surface area contributed by atoms with Crippen LogP contribution in [-0.4, -0.2) is 22.9 Å². The second kappa shape index (κ2) is 5.59. The van der Waals surface area contributed by atoms with Gasteiger partial charge >= 0.3 is 0 Å². The molecule has 0 saturated heterocycles. The van der Waals surface area contributed by atoms with Gasteiger partial charge in [0.2, 0.25) is 0 Å². The molecular weight excluding hydrogens is 246 g/mol. The highest BCUT2D eigenvalue weighted by atomic mass is 16.2. The predicted octanol–water partition coefficient (Wildman–Crippen LogP) is 4.24. The van der Waals surface area contributed by atoms with Gasteiger partial charge in [-0.2, -0.15) is 0 Å². The second-order valence-corrected chi connectivity index (χ2v) is 6.55. The maximum Gasteiger partial charge on any atom is 0.254 e. The Labute approximate surface area is 122 Å². The molecule has 0 radical (unpaired) electrons. The molecule has 0 aromatic heterocycles. The summed E-state index contributed by atoms with van der Waals surface area (Å²) in [4.78, 5) is 15.3. The normalized spacial score (nSPS) is 19.9. The van der Waals surface area contributed by atoms with E-state index in [4.69, 9.17) is 0 Å². The highest BCUT2D eigenvalue weighted by Crippen LogP contribution is 2.35. The highest BCUT2D eigenvalue weighted by molar-refractivity contribution is 5.96. The summed E-state index contributed by atoms with van der Waals surface area (Å²) >= 11 is 0. The lowest BCUT2D eigenvalue weighted by Crippen LogP contribution is -2.43. The molecule has 20 heavy (non-hydrogen) atoms. The molecule has 0 N–H and O–H groups in total. The van der Waals surface area contributed by atoms with Gasteiger partial charge in [-0.3, -0.25) is 4.79 Å². The Morgan fingerprint density at radius 3 is 2.30 bits per heavy atom. The van der Waals surface area contributed by atoms with Crippen LogP contribution < -0.4 is 0 Å². The minimum absolute atomic E-state index is 0.278. The van der Waals surface area contributed by atoms with E-state index in [1.54, 1.807) is 0 Å². The highest BCUT2D eigenvalue weighted by Gasteiger charge is 2.38. The third kappa shape index (κ3) is 2.74. The minimum atomic E-state index is 0.278. The average molecular weight is 271 g/mol. The number of hydrogen-bond donors (Lipinski definition) is 0. The fraction of sp³-hybridized carbons (Fsp3) is 0.611. The number of amides is 1. The molecule has 0 unspecified atom stereocenters. The molecule has 2 fully saturated rings. The first kappa shape index (κ1) is 13.7. The number of carbonyl (C=O) groups is 1. The van der Waals surface area contributed by atoms with Crippen molar-refractivity contribution in [2.24, 2.45) is 0 Å². The van der Waals surface area contributed by atoms with E-state index in [0.29, 0.717) is 12.1 Å². The van der Waals surface area contributed by atoms with E-state index >= 15 is 0 Å². The molecule has 2 aliphatic rings. The fourth-order valence-corrected chi connectivity index (χ4v) is 3.45. The molecule has 0 aliphatic heterocycles. The minimum Gasteiger partial charge on any atom is -0.333 e. The molecule has 1 amide bonds. The standard InChI is InChI=1S/C18H25NO/c1-13-8-9-14(2)17(12-13)18(20)19(16-10-11-16)15-6-4-3-5-7-15/h8-9,12,15-16H,3-7,10-11H2,1-2H3. The molecule has 108 valence electrons. The third-order valence-electron chi connectivity index (χ3n) is 4.77. The van der Waals surface area contributed by atoms with Crippen LogP contribution in [0.4, 0.5) is 0 Å². The van der Waals surface area contributed by atoms with E-state index in [1.165, 1.54) is 50.5 Å². The number of benzene rings is 1. The molecule has 2 heteroatoms. The van der Waals surface area contributed by atoms with Crippen molar-refractivity contribution in [2.75, 3.05) is 0 Å². The molecule has 0 spiro atoms. The molecule has 0 bridgehead atoms. The summed E-state index contributed by atoms with van der Waals surface area (Å²) in [6, 6.07) is 7.24. The average Bonchev–Trinajstić information content (AvgIpc) is 3.27. The largest absolute Gasteiger partial charge is 0.333 e. The van der Waals surface area contributed by atoms with E-state index in [1.807, 2.05) is 0 Å². The van der Waals surface area contributed by atoms with Gasteiger partial charge in [-0.05, 0) is 51.2 Å². The van der Waals surface area contributed by atoms with E-state index in [9.17, 15) is 4.79 Å². The summed E-state index contributed by atoms with van der Waals surface area (Å²) in [7, 11) is 0. The van der Waals surface area contributed by atoms with Crippen LogP contribution in [0, 0.1) is 13.8 Å². The van der Waals surface area contributed by atoms with Crippen molar-refractivity contribution in [3.63, 3.8) is 0 Å². The van der Waals surface area contributed by atoms with E-state index in [2.05, 4.69) is 36.9 Å². The monoisotopic (exact) mass is 271 g/mol. The zero-order chi connectivity index (χ0) is 14.1. The van der Waals surface area contributed by atoms with Gasteiger partial charge in [0.05, 0.1) is 0 Å². The van der Waals surface area contributed by atoms with Crippen molar-refractivity contribution in [1.29, 1.82) is 0 Å². The van der Waals surface area contributed by atoms with Gasteiger partial charge in [0.15, 0.2) is 0 Å². The lowest BCUT2D eigenvalue weighted by atomic mass is 9.93. The molecule has 3 rings (SSSR count). The van der Waals surface area contributed by atoms with Gasteiger partial charge in [-0.25, -0.2) is 0 Å². The first-order chi connectivity index (χ1) is 9.66. The predicted molar refractivity (Wildman–Crippen MR) is 82.0 cm³/mol. The SMILES string of the molecule is Cc1ccc(C)c(C(=O)N(C2CCCCC2)C2CC2)c1. The van der Waals surface area contributed by atoms with Crippen molar-refractivity contribution >= 4 is 5.91 Å². The smallest absolute Gasteiger partial charge is 0.254 e. The van der Waals surface area contributed by atoms with Gasteiger partial charge in [-0.15, -0.1) is 0 Å². The van der Waals surface area contributed by atoms with E-state index < -0.39 is 0 Å². The number of carbonyl (C=O) groups excluding carboxylic acids is 1. The summed E-state index contributed by atoms with van der Waals surface area (Å²) in [5.41, 5.74) is 3.21. The molecular formula is C18H25NO. The van der Waals surface area contributed by atoms with Crippen molar-refractivity contribution < 1.29 is 4.79 Å². The lowest BCUT2D eigenvalue weighted by molar-refractivity contribution is 0.0613. The lowest BCUT2D eigenvalue weighted by Gasteiger charge is -2.35. The number of nitrogens with zero attached hydrogens (tertiary/aromatic N) is 1. The number of aryl methyl sites for hydroxylation is 2. The molecule has 0 atom stereocenters. The van der Waals surface area contributed by atoms with Crippen molar-refractivity contribution in [3.8, 4) is 0 Å². The first-order valence-corrected chi connectivity index (χ1v) is 8.07. The van der Waals surface area contributed by atoms with E-state index in [-0.39, 0.29) is 5.91 Å². The van der Waals surface area contributed by atoms with Gasteiger partial charge in [0, 0.05) is 17.6 Å².